The minimum absolute atomic E-state index is 0.169. The lowest BCUT2D eigenvalue weighted by molar-refractivity contribution is -0.154. The number of para-hydroxylation sites is 2. The summed E-state index contributed by atoms with van der Waals surface area (Å²) in [5, 5.41) is 2.45. The highest BCUT2D eigenvalue weighted by Crippen LogP contribution is 2.30. The first-order valence-electron chi connectivity index (χ1n) is 6.04. The highest BCUT2D eigenvalue weighted by atomic mass is 16.6. The van der Waals surface area contributed by atoms with E-state index in [1.165, 1.54) is 0 Å². The first-order valence-corrected chi connectivity index (χ1v) is 6.04. The van der Waals surface area contributed by atoms with E-state index in [1.807, 2.05) is 18.2 Å². The highest BCUT2D eigenvalue weighted by molar-refractivity contribution is 6.32. The summed E-state index contributed by atoms with van der Waals surface area (Å²) < 4.78 is 15.7. The molecule has 0 bridgehead atoms. The molecule has 1 heterocycles. The van der Waals surface area contributed by atoms with Gasteiger partial charge in [0.05, 0.1) is 13.2 Å². The molecule has 19 heavy (non-hydrogen) atoms. The molecule has 0 fully saturated rings. The molecule has 1 N–H and O–H groups in total. The number of carbonyl (C=O) groups is 2. The zero-order valence-corrected chi connectivity index (χ0v) is 10.5. The van der Waals surface area contributed by atoms with Gasteiger partial charge in [0.15, 0.2) is 11.5 Å². The molecule has 1 amide bonds. The Morgan fingerprint density at radius 3 is 2.84 bits per heavy atom. The summed E-state index contributed by atoms with van der Waals surface area (Å²) in [5.41, 5.74) is 0. The number of esters is 1. The lowest BCUT2D eigenvalue weighted by atomic mass is 10.2. The van der Waals surface area contributed by atoms with Crippen LogP contribution in [0, 0.1) is 0 Å². The number of amides is 1. The molecule has 1 aliphatic rings. The molecule has 0 aliphatic carbocycles. The summed E-state index contributed by atoms with van der Waals surface area (Å²) in [6.07, 6.45) is -0.326. The van der Waals surface area contributed by atoms with Gasteiger partial charge < -0.3 is 19.5 Å². The average Bonchev–Trinajstić information content (AvgIpc) is 2.44. The molecule has 1 aromatic carbocycles. The fourth-order valence-electron chi connectivity index (χ4n) is 1.64. The van der Waals surface area contributed by atoms with Gasteiger partial charge in [0.1, 0.15) is 12.7 Å². The van der Waals surface area contributed by atoms with E-state index >= 15 is 0 Å². The first-order chi connectivity index (χ1) is 9.20. The number of carbonyl (C=O) groups excluding carboxylic acids is 2. The molecule has 1 atom stereocenters. The van der Waals surface area contributed by atoms with Crippen LogP contribution in [0.5, 0.6) is 11.5 Å². The van der Waals surface area contributed by atoms with Crippen LogP contribution in [0.25, 0.3) is 0 Å². The topological polar surface area (TPSA) is 73.9 Å². The Morgan fingerprint density at radius 2 is 2.11 bits per heavy atom. The molecule has 0 saturated carbocycles. The van der Waals surface area contributed by atoms with Crippen LogP contribution in [0.3, 0.4) is 0 Å². The van der Waals surface area contributed by atoms with Crippen molar-refractivity contribution in [3.05, 3.63) is 24.3 Å². The number of hydrogen-bond acceptors (Lipinski definition) is 5. The van der Waals surface area contributed by atoms with Crippen molar-refractivity contribution >= 4 is 11.9 Å². The molecule has 0 aromatic heterocycles. The predicted molar refractivity (Wildman–Crippen MR) is 66.0 cm³/mol. The number of nitrogens with one attached hydrogen (secondary N) is 1. The molecule has 102 valence electrons. The van der Waals surface area contributed by atoms with Gasteiger partial charge in [-0.3, -0.25) is 4.79 Å². The van der Waals surface area contributed by atoms with E-state index in [0.717, 1.165) is 0 Å². The molecule has 6 heteroatoms. The molecule has 2 rings (SSSR count). The Hall–Kier alpha value is -2.24. The van der Waals surface area contributed by atoms with Gasteiger partial charge in [-0.05, 0) is 19.1 Å². The Labute approximate surface area is 110 Å². The Kier molecular flexibility index (Phi) is 4.22. The lowest BCUT2D eigenvalue weighted by Gasteiger charge is -2.26. The first kappa shape index (κ1) is 13.2. The third-order valence-corrected chi connectivity index (χ3v) is 2.52. The van der Waals surface area contributed by atoms with Crippen molar-refractivity contribution in [2.75, 3.05) is 19.8 Å². The molecule has 0 spiro atoms. The van der Waals surface area contributed by atoms with Crippen LogP contribution in [0.2, 0.25) is 0 Å². The van der Waals surface area contributed by atoms with Crippen LogP contribution in [0.15, 0.2) is 24.3 Å². The number of rotatable bonds is 3. The van der Waals surface area contributed by atoms with Gasteiger partial charge in [0.2, 0.25) is 0 Å². The van der Waals surface area contributed by atoms with Gasteiger partial charge in [0, 0.05) is 0 Å². The second-order valence-corrected chi connectivity index (χ2v) is 3.93. The fourth-order valence-corrected chi connectivity index (χ4v) is 1.64. The van der Waals surface area contributed by atoms with Crippen LogP contribution in [-0.2, 0) is 14.3 Å². The maximum absolute atomic E-state index is 11.3. The van der Waals surface area contributed by atoms with Crippen LogP contribution in [-0.4, -0.2) is 37.7 Å². The minimum Gasteiger partial charge on any atom is -0.486 e. The fraction of sp³-hybridized carbons (Fsp3) is 0.385. The summed E-state index contributed by atoms with van der Waals surface area (Å²) in [7, 11) is 0. The number of benzene rings is 1. The van der Waals surface area contributed by atoms with Crippen molar-refractivity contribution < 1.29 is 23.8 Å². The summed E-state index contributed by atoms with van der Waals surface area (Å²) in [4.78, 5) is 22.4. The normalized spacial score (nSPS) is 16.6. The van der Waals surface area contributed by atoms with Crippen LogP contribution in [0.1, 0.15) is 6.92 Å². The van der Waals surface area contributed by atoms with E-state index in [9.17, 15) is 9.59 Å². The zero-order chi connectivity index (χ0) is 13.7. The van der Waals surface area contributed by atoms with Crippen molar-refractivity contribution in [3.63, 3.8) is 0 Å². The molecule has 6 nitrogen and oxygen atoms in total. The van der Waals surface area contributed by atoms with Gasteiger partial charge in [-0.25, -0.2) is 4.79 Å². The van der Waals surface area contributed by atoms with E-state index in [1.54, 1.807) is 13.0 Å². The molecule has 0 saturated heterocycles. The molecule has 1 aliphatic heterocycles. The summed E-state index contributed by atoms with van der Waals surface area (Å²) >= 11 is 0. The van der Waals surface area contributed by atoms with Crippen molar-refractivity contribution in [2.24, 2.45) is 0 Å². The SMILES string of the molecule is CCOC(=O)C(=O)NCC1COc2ccccc2O1. The van der Waals surface area contributed by atoms with Crippen LogP contribution in [0.4, 0.5) is 0 Å². The minimum atomic E-state index is -0.889. The lowest BCUT2D eigenvalue weighted by Crippen LogP contribution is -2.43. The third-order valence-electron chi connectivity index (χ3n) is 2.52. The van der Waals surface area contributed by atoms with Crippen molar-refractivity contribution in [2.45, 2.75) is 13.0 Å². The second-order valence-electron chi connectivity index (χ2n) is 3.93. The second kappa shape index (κ2) is 6.08. The molecular weight excluding hydrogens is 250 g/mol. The van der Waals surface area contributed by atoms with Gasteiger partial charge in [-0.15, -0.1) is 0 Å². The maximum Gasteiger partial charge on any atom is 0.396 e. The molecular formula is C13H15NO5. The van der Waals surface area contributed by atoms with Crippen molar-refractivity contribution in [3.8, 4) is 11.5 Å². The Balaban J connectivity index is 1.83. The summed E-state index contributed by atoms with van der Waals surface area (Å²) in [6.45, 7) is 2.31. The van der Waals surface area contributed by atoms with E-state index in [0.29, 0.717) is 18.1 Å². The van der Waals surface area contributed by atoms with Gasteiger partial charge in [-0.1, -0.05) is 12.1 Å². The maximum atomic E-state index is 11.3. The van der Waals surface area contributed by atoms with Crippen LogP contribution < -0.4 is 14.8 Å². The third kappa shape index (κ3) is 3.37. The standard InChI is InChI=1S/C13H15NO5/c1-2-17-13(16)12(15)14-7-9-8-18-10-5-3-4-6-11(10)19-9/h3-6,9H,2,7-8H2,1H3,(H,14,15). The van der Waals surface area contributed by atoms with Gasteiger partial charge in [0.25, 0.3) is 0 Å². The molecule has 0 radical (unpaired) electrons. The van der Waals surface area contributed by atoms with Crippen molar-refractivity contribution in [1.29, 1.82) is 0 Å². The van der Waals surface area contributed by atoms with E-state index < -0.39 is 11.9 Å². The number of hydrogen-bond donors (Lipinski definition) is 1. The van der Waals surface area contributed by atoms with E-state index in [4.69, 9.17) is 9.47 Å². The molecule has 1 aromatic rings. The van der Waals surface area contributed by atoms with Crippen LogP contribution >= 0.6 is 0 Å². The quantitative estimate of drug-likeness (QED) is 0.636. The molecule has 1 unspecified atom stereocenters. The zero-order valence-electron chi connectivity index (χ0n) is 10.5. The largest absolute Gasteiger partial charge is 0.486 e. The monoisotopic (exact) mass is 265 g/mol. The summed E-state index contributed by atoms with van der Waals surface area (Å²) in [5.74, 6) is -0.358. The predicted octanol–water partition coefficient (Wildman–Crippen LogP) is 0.506. The number of fused-ring (bicyclic) bond motifs is 1. The van der Waals surface area contributed by atoms with Gasteiger partial charge in [-0.2, -0.15) is 0 Å². The highest BCUT2D eigenvalue weighted by Gasteiger charge is 2.22. The van der Waals surface area contributed by atoms with Crippen molar-refractivity contribution in [1.82, 2.24) is 5.32 Å². The van der Waals surface area contributed by atoms with E-state index in [-0.39, 0.29) is 19.3 Å². The van der Waals surface area contributed by atoms with E-state index in [2.05, 4.69) is 10.1 Å². The Bertz CT molecular complexity index is 474. The average molecular weight is 265 g/mol. The van der Waals surface area contributed by atoms with Gasteiger partial charge >= 0.3 is 11.9 Å². The Morgan fingerprint density at radius 1 is 1.37 bits per heavy atom. The number of ether oxygens (including phenoxy) is 3. The smallest absolute Gasteiger partial charge is 0.396 e. The summed E-state index contributed by atoms with van der Waals surface area (Å²) in [6, 6.07) is 7.28.